The molecule has 1 heterocycles. The third-order valence-electron chi connectivity index (χ3n) is 4.01. The van der Waals surface area contributed by atoms with E-state index in [9.17, 15) is 9.90 Å². The van der Waals surface area contributed by atoms with Crippen LogP contribution in [0.5, 0.6) is 0 Å². The fraction of sp³-hybridized carbons (Fsp3) is 0.917. The van der Waals surface area contributed by atoms with E-state index in [0.29, 0.717) is 6.54 Å². The summed E-state index contributed by atoms with van der Waals surface area (Å²) in [5.74, 6) is 0.0838. The molecule has 1 aliphatic heterocycles. The number of aliphatic hydroxyl groups is 1. The number of aliphatic hydroxyl groups excluding tert-OH is 1. The van der Waals surface area contributed by atoms with Crippen LogP contribution in [0.2, 0.25) is 0 Å². The number of hydrogen-bond donors (Lipinski definition) is 1. The molecular weight excluding hydrogens is 206 g/mol. The Morgan fingerprint density at radius 2 is 2.25 bits per heavy atom. The van der Waals surface area contributed by atoms with Crippen LogP contribution < -0.4 is 0 Å². The molecular formula is C12H21NO3. The van der Waals surface area contributed by atoms with Crippen LogP contribution in [0.15, 0.2) is 0 Å². The molecule has 1 saturated heterocycles. The molecule has 1 aliphatic carbocycles. The van der Waals surface area contributed by atoms with Gasteiger partial charge >= 0.3 is 0 Å². The van der Waals surface area contributed by atoms with Gasteiger partial charge in [-0.25, -0.2) is 0 Å². The molecule has 2 rings (SSSR count). The Hall–Kier alpha value is -0.610. The number of amides is 1. The Morgan fingerprint density at radius 1 is 1.56 bits per heavy atom. The van der Waals surface area contributed by atoms with Crippen molar-refractivity contribution in [1.82, 2.24) is 4.90 Å². The largest absolute Gasteiger partial charge is 0.391 e. The lowest BCUT2D eigenvalue weighted by Gasteiger charge is -2.54. The van der Waals surface area contributed by atoms with Crippen LogP contribution >= 0.6 is 0 Å². The highest BCUT2D eigenvalue weighted by Crippen LogP contribution is 2.46. The van der Waals surface area contributed by atoms with E-state index in [-0.39, 0.29) is 29.9 Å². The van der Waals surface area contributed by atoms with E-state index in [1.807, 2.05) is 11.8 Å². The molecule has 4 heteroatoms. The second-order valence-corrected chi connectivity index (χ2v) is 5.42. The van der Waals surface area contributed by atoms with Crippen molar-refractivity contribution in [1.29, 1.82) is 0 Å². The van der Waals surface area contributed by atoms with Gasteiger partial charge in [0.05, 0.1) is 18.6 Å². The van der Waals surface area contributed by atoms with Gasteiger partial charge in [0.25, 0.3) is 0 Å². The smallest absolute Gasteiger partial charge is 0.225 e. The van der Waals surface area contributed by atoms with E-state index in [0.717, 1.165) is 13.0 Å². The van der Waals surface area contributed by atoms with Crippen molar-refractivity contribution in [2.24, 2.45) is 5.41 Å². The second kappa shape index (κ2) is 4.00. The van der Waals surface area contributed by atoms with E-state index in [1.54, 1.807) is 0 Å². The van der Waals surface area contributed by atoms with E-state index in [4.69, 9.17) is 4.74 Å². The minimum absolute atomic E-state index is 0.00965. The summed E-state index contributed by atoms with van der Waals surface area (Å²) in [6.07, 6.45) is 0.952. The van der Waals surface area contributed by atoms with Gasteiger partial charge in [0.1, 0.15) is 0 Å². The number of nitrogens with zero attached hydrogens (tertiary/aromatic N) is 1. The third-order valence-corrected chi connectivity index (χ3v) is 4.01. The zero-order chi connectivity index (χ0) is 11.9. The first-order chi connectivity index (χ1) is 7.46. The molecule has 0 aromatic heterocycles. The van der Waals surface area contributed by atoms with Crippen LogP contribution in [0.3, 0.4) is 0 Å². The molecule has 0 spiro atoms. The molecule has 0 bridgehead atoms. The minimum atomic E-state index is -0.477. The summed E-state index contributed by atoms with van der Waals surface area (Å²) in [5, 5.41) is 9.48. The Balaban J connectivity index is 2.00. The van der Waals surface area contributed by atoms with Gasteiger partial charge < -0.3 is 14.7 Å². The summed E-state index contributed by atoms with van der Waals surface area (Å²) < 4.78 is 5.64. The first-order valence-electron chi connectivity index (χ1n) is 6.06. The van der Waals surface area contributed by atoms with Gasteiger partial charge in [0, 0.05) is 24.6 Å². The number of ether oxygens (including phenoxy) is 1. The Labute approximate surface area is 96.6 Å². The molecule has 4 nitrogen and oxygen atoms in total. The SMILES string of the molecule is CCOC1CC(N2CC(O)CC2=O)C1(C)C. The topological polar surface area (TPSA) is 49.8 Å². The average Bonchev–Trinajstić information content (AvgIpc) is 2.51. The lowest BCUT2D eigenvalue weighted by molar-refractivity contribution is -0.162. The predicted molar refractivity (Wildman–Crippen MR) is 59.9 cm³/mol. The van der Waals surface area contributed by atoms with Crippen LogP contribution in [0.25, 0.3) is 0 Å². The van der Waals surface area contributed by atoms with E-state index in [2.05, 4.69) is 13.8 Å². The summed E-state index contributed by atoms with van der Waals surface area (Å²) in [5.41, 5.74) is 0.00965. The van der Waals surface area contributed by atoms with Crippen LogP contribution in [0.1, 0.15) is 33.6 Å². The van der Waals surface area contributed by atoms with Gasteiger partial charge in [-0.05, 0) is 13.3 Å². The maximum atomic E-state index is 11.7. The number of β-amino-alcohol motifs (C(OH)–C–C–N with tert-alkyl or cyclic N) is 1. The highest BCUT2D eigenvalue weighted by Gasteiger charge is 2.54. The minimum Gasteiger partial charge on any atom is -0.391 e. The van der Waals surface area contributed by atoms with Crippen molar-refractivity contribution in [2.75, 3.05) is 13.2 Å². The number of hydrogen-bond acceptors (Lipinski definition) is 3. The average molecular weight is 227 g/mol. The lowest BCUT2D eigenvalue weighted by atomic mass is 9.63. The van der Waals surface area contributed by atoms with Crippen molar-refractivity contribution in [3.05, 3.63) is 0 Å². The molecule has 0 aromatic rings. The maximum absolute atomic E-state index is 11.7. The predicted octanol–water partition coefficient (Wildman–Crippen LogP) is 0.783. The highest BCUT2D eigenvalue weighted by atomic mass is 16.5. The van der Waals surface area contributed by atoms with E-state index in [1.165, 1.54) is 0 Å². The van der Waals surface area contributed by atoms with Gasteiger partial charge in [-0.3, -0.25) is 4.79 Å². The normalized spacial score (nSPS) is 37.6. The Morgan fingerprint density at radius 3 is 2.69 bits per heavy atom. The zero-order valence-corrected chi connectivity index (χ0v) is 10.3. The second-order valence-electron chi connectivity index (χ2n) is 5.42. The van der Waals surface area contributed by atoms with Gasteiger partial charge in [-0.15, -0.1) is 0 Å². The molecule has 1 N–H and O–H groups in total. The summed E-state index contributed by atoms with van der Waals surface area (Å²) in [4.78, 5) is 13.5. The van der Waals surface area contributed by atoms with Crippen LogP contribution in [0, 0.1) is 5.41 Å². The van der Waals surface area contributed by atoms with E-state index >= 15 is 0 Å². The van der Waals surface area contributed by atoms with Crippen molar-refractivity contribution in [3.63, 3.8) is 0 Å². The van der Waals surface area contributed by atoms with Crippen LogP contribution in [-0.4, -0.2) is 47.3 Å². The molecule has 16 heavy (non-hydrogen) atoms. The molecule has 2 fully saturated rings. The quantitative estimate of drug-likeness (QED) is 0.775. The molecule has 1 amide bonds. The van der Waals surface area contributed by atoms with Gasteiger partial charge in [0.2, 0.25) is 5.91 Å². The zero-order valence-electron chi connectivity index (χ0n) is 10.3. The summed E-state index contributed by atoms with van der Waals surface area (Å²) >= 11 is 0. The van der Waals surface area contributed by atoms with Crippen LogP contribution in [0.4, 0.5) is 0 Å². The Bertz CT molecular complexity index is 290. The van der Waals surface area contributed by atoms with Crippen molar-refractivity contribution < 1.29 is 14.6 Å². The highest BCUT2D eigenvalue weighted by molar-refractivity contribution is 5.79. The molecule has 3 unspecified atom stereocenters. The molecule has 3 atom stereocenters. The molecule has 1 saturated carbocycles. The van der Waals surface area contributed by atoms with Gasteiger partial charge in [0.15, 0.2) is 0 Å². The fourth-order valence-corrected chi connectivity index (χ4v) is 2.89. The van der Waals surface area contributed by atoms with Gasteiger partial charge in [-0.2, -0.15) is 0 Å². The Kier molecular flexibility index (Phi) is 2.97. The molecule has 2 aliphatic rings. The van der Waals surface area contributed by atoms with Crippen molar-refractivity contribution >= 4 is 5.91 Å². The standard InChI is InChI=1S/C12H21NO3/c1-4-16-10-6-9(12(10,2)3)13-7-8(14)5-11(13)15/h8-10,14H,4-7H2,1-3H3. The first kappa shape index (κ1) is 11.9. The molecule has 92 valence electrons. The molecule has 0 aromatic carbocycles. The maximum Gasteiger partial charge on any atom is 0.225 e. The number of carbonyl (C=O) groups is 1. The number of rotatable bonds is 3. The molecule has 0 radical (unpaired) electrons. The summed E-state index contributed by atoms with van der Waals surface area (Å²) in [6.45, 7) is 7.48. The number of carbonyl (C=O) groups excluding carboxylic acids is 1. The lowest BCUT2D eigenvalue weighted by Crippen LogP contribution is -2.62. The van der Waals surface area contributed by atoms with Crippen molar-refractivity contribution in [2.45, 2.75) is 51.9 Å². The third kappa shape index (κ3) is 1.74. The summed E-state index contributed by atoms with van der Waals surface area (Å²) in [7, 11) is 0. The van der Waals surface area contributed by atoms with Crippen molar-refractivity contribution in [3.8, 4) is 0 Å². The summed E-state index contributed by atoms with van der Waals surface area (Å²) in [6, 6.07) is 0.230. The fourth-order valence-electron chi connectivity index (χ4n) is 2.89. The van der Waals surface area contributed by atoms with E-state index < -0.39 is 6.10 Å². The monoisotopic (exact) mass is 227 g/mol. The van der Waals surface area contributed by atoms with Crippen LogP contribution in [-0.2, 0) is 9.53 Å². The first-order valence-corrected chi connectivity index (χ1v) is 6.06. The number of likely N-dealkylation sites (tertiary alicyclic amines) is 1. The van der Waals surface area contributed by atoms with Gasteiger partial charge in [-0.1, -0.05) is 13.8 Å².